The molecule has 104 valence electrons. The molecule has 0 spiro atoms. The monoisotopic (exact) mass is 264 g/mol. The van der Waals surface area contributed by atoms with Crippen molar-refractivity contribution in [1.82, 2.24) is 10.2 Å². The highest BCUT2D eigenvalue weighted by Gasteiger charge is 2.11. The number of carbonyl (C=O) groups is 2. The van der Waals surface area contributed by atoms with Gasteiger partial charge in [-0.3, -0.25) is 14.5 Å². The molecular formula is C14H20N2O3. The van der Waals surface area contributed by atoms with Crippen LogP contribution in [0.1, 0.15) is 17.5 Å². The number of amides is 1. The molecule has 1 amide bonds. The summed E-state index contributed by atoms with van der Waals surface area (Å²) in [6.45, 7) is 3.14. The van der Waals surface area contributed by atoms with Crippen LogP contribution < -0.4 is 5.32 Å². The van der Waals surface area contributed by atoms with Crippen LogP contribution in [-0.2, 0) is 16.1 Å². The van der Waals surface area contributed by atoms with Gasteiger partial charge in [0.05, 0.1) is 13.0 Å². The number of carboxylic acids is 1. The molecule has 0 radical (unpaired) electrons. The molecule has 0 unspecified atom stereocenters. The van der Waals surface area contributed by atoms with Crippen LogP contribution in [0.25, 0.3) is 0 Å². The molecule has 1 aromatic rings. The zero-order valence-corrected chi connectivity index (χ0v) is 11.3. The average molecular weight is 264 g/mol. The number of hydrogen-bond donors (Lipinski definition) is 2. The summed E-state index contributed by atoms with van der Waals surface area (Å²) in [6.07, 6.45) is 0.0306. The van der Waals surface area contributed by atoms with Gasteiger partial charge in [-0.25, -0.2) is 0 Å². The van der Waals surface area contributed by atoms with Gasteiger partial charge in [-0.2, -0.15) is 0 Å². The summed E-state index contributed by atoms with van der Waals surface area (Å²) < 4.78 is 0. The fourth-order valence-corrected chi connectivity index (χ4v) is 1.70. The molecule has 0 fully saturated rings. The van der Waals surface area contributed by atoms with Crippen molar-refractivity contribution < 1.29 is 14.7 Å². The maximum Gasteiger partial charge on any atom is 0.304 e. The van der Waals surface area contributed by atoms with Crippen LogP contribution in [0.15, 0.2) is 24.3 Å². The third kappa shape index (κ3) is 6.01. The zero-order chi connectivity index (χ0) is 14.3. The summed E-state index contributed by atoms with van der Waals surface area (Å²) in [4.78, 5) is 23.9. The molecule has 0 bridgehead atoms. The Morgan fingerprint density at radius 3 is 2.42 bits per heavy atom. The Bertz CT molecular complexity index is 429. The van der Waals surface area contributed by atoms with Crippen LogP contribution in [0.5, 0.6) is 0 Å². The highest BCUT2D eigenvalue weighted by atomic mass is 16.4. The van der Waals surface area contributed by atoms with E-state index in [-0.39, 0.29) is 18.9 Å². The van der Waals surface area contributed by atoms with Gasteiger partial charge in [-0.1, -0.05) is 29.8 Å². The number of benzene rings is 1. The van der Waals surface area contributed by atoms with Gasteiger partial charge in [-0.15, -0.1) is 0 Å². The van der Waals surface area contributed by atoms with Gasteiger partial charge in [0, 0.05) is 20.1 Å². The Labute approximate surface area is 113 Å². The largest absolute Gasteiger partial charge is 0.481 e. The van der Waals surface area contributed by atoms with E-state index in [1.165, 1.54) is 5.56 Å². The lowest BCUT2D eigenvalue weighted by molar-refractivity contribution is -0.137. The summed E-state index contributed by atoms with van der Waals surface area (Å²) in [5.41, 5.74) is 2.24. The van der Waals surface area contributed by atoms with Crippen molar-refractivity contribution in [3.05, 3.63) is 35.4 Å². The average Bonchev–Trinajstić information content (AvgIpc) is 2.38. The highest BCUT2D eigenvalue weighted by molar-refractivity contribution is 5.77. The number of rotatable bonds is 7. The van der Waals surface area contributed by atoms with Crippen molar-refractivity contribution >= 4 is 11.9 Å². The van der Waals surface area contributed by atoms with Crippen molar-refractivity contribution in [3.63, 3.8) is 0 Å². The van der Waals surface area contributed by atoms with Gasteiger partial charge >= 0.3 is 5.97 Å². The standard InChI is InChI=1S/C14H20N2O3/c1-11-3-5-12(6-4-11)9-16(8-7-14(18)19)10-13(17)15-2/h3-6H,7-10H2,1-2H3,(H,15,17)(H,18,19). The maximum atomic E-state index is 11.4. The van der Waals surface area contributed by atoms with Crippen molar-refractivity contribution in [2.75, 3.05) is 20.1 Å². The number of aryl methyl sites for hydroxylation is 1. The zero-order valence-electron chi connectivity index (χ0n) is 11.3. The van der Waals surface area contributed by atoms with E-state index in [1.54, 1.807) is 7.05 Å². The molecular weight excluding hydrogens is 244 g/mol. The molecule has 19 heavy (non-hydrogen) atoms. The molecule has 0 saturated heterocycles. The highest BCUT2D eigenvalue weighted by Crippen LogP contribution is 2.07. The van der Waals surface area contributed by atoms with Crippen LogP contribution in [0.3, 0.4) is 0 Å². The Kier molecular flexibility index (Phi) is 6.02. The molecule has 5 nitrogen and oxygen atoms in total. The van der Waals surface area contributed by atoms with Crippen LogP contribution in [0, 0.1) is 6.92 Å². The van der Waals surface area contributed by atoms with Gasteiger partial charge in [-0.05, 0) is 12.5 Å². The summed E-state index contributed by atoms with van der Waals surface area (Å²) in [7, 11) is 1.57. The van der Waals surface area contributed by atoms with Gasteiger partial charge in [0.1, 0.15) is 0 Å². The molecule has 1 rings (SSSR count). The Balaban J connectivity index is 2.63. The van der Waals surface area contributed by atoms with E-state index in [0.717, 1.165) is 5.56 Å². The number of hydrogen-bond acceptors (Lipinski definition) is 3. The number of likely N-dealkylation sites (N-methyl/N-ethyl adjacent to an activating group) is 1. The van der Waals surface area contributed by atoms with Gasteiger partial charge in [0.2, 0.25) is 5.91 Å². The topological polar surface area (TPSA) is 69.6 Å². The molecule has 1 aromatic carbocycles. The smallest absolute Gasteiger partial charge is 0.304 e. The number of nitrogens with one attached hydrogen (secondary N) is 1. The lowest BCUT2D eigenvalue weighted by Gasteiger charge is -2.20. The van der Waals surface area contributed by atoms with Gasteiger partial charge in [0.15, 0.2) is 0 Å². The third-order valence-corrected chi connectivity index (χ3v) is 2.81. The van der Waals surface area contributed by atoms with Crippen LogP contribution >= 0.6 is 0 Å². The SMILES string of the molecule is CNC(=O)CN(CCC(=O)O)Cc1ccc(C)cc1. The Morgan fingerprint density at radius 2 is 1.89 bits per heavy atom. The normalized spacial score (nSPS) is 10.5. The van der Waals surface area contributed by atoms with E-state index in [4.69, 9.17) is 5.11 Å². The quantitative estimate of drug-likeness (QED) is 0.771. The number of aliphatic carboxylic acids is 1. The third-order valence-electron chi connectivity index (χ3n) is 2.81. The van der Waals surface area contributed by atoms with E-state index in [1.807, 2.05) is 36.1 Å². The first-order valence-electron chi connectivity index (χ1n) is 6.21. The van der Waals surface area contributed by atoms with E-state index in [2.05, 4.69) is 5.32 Å². The van der Waals surface area contributed by atoms with Gasteiger partial charge in [0.25, 0.3) is 0 Å². The van der Waals surface area contributed by atoms with Crippen LogP contribution in [0.4, 0.5) is 0 Å². The summed E-state index contributed by atoms with van der Waals surface area (Å²) >= 11 is 0. The minimum absolute atomic E-state index is 0.0306. The maximum absolute atomic E-state index is 11.4. The van der Waals surface area contributed by atoms with E-state index in [0.29, 0.717) is 13.1 Å². The minimum atomic E-state index is -0.856. The summed E-state index contributed by atoms with van der Waals surface area (Å²) in [5.74, 6) is -0.969. The first-order valence-corrected chi connectivity index (χ1v) is 6.21. The fraction of sp³-hybridized carbons (Fsp3) is 0.429. The van der Waals surface area contributed by atoms with Crippen LogP contribution in [-0.4, -0.2) is 42.0 Å². The Morgan fingerprint density at radius 1 is 1.26 bits per heavy atom. The summed E-state index contributed by atoms with van der Waals surface area (Å²) in [5, 5.41) is 11.3. The molecule has 0 aliphatic rings. The Hall–Kier alpha value is -1.88. The molecule has 0 aromatic heterocycles. The lowest BCUT2D eigenvalue weighted by Crippen LogP contribution is -2.36. The van der Waals surface area contributed by atoms with Crippen molar-refractivity contribution in [1.29, 1.82) is 0 Å². The number of nitrogens with zero attached hydrogens (tertiary/aromatic N) is 1. The predicted molar refractivity (Wildman–Crippen MR) is 72.8 cm³/mol. The molecule has 5 heteroatoms. The second-order valence-corrected chi connectivity index (χ2v) is 4.51. The molecule has 2 N–H and O–H groups in total. The lowest BCUT2D eigenvalue weighted by atomic mass is 10.1. The van der Waals surface area contributed by atoms with Crippen LogP contribution in [0.2, 0.25) is 0 Å². The van der Waals surface area contributed by atoms with E-state index < -0.39 is 5.97 Å². The summed E-state index contributed by atoms with van der Waals surface area (Å²) in [6, 6.07) is 8.00. The first kappa shape index (κ1) is 15.2. The number of carboxylic acid groups (broad SMARTS) is 1. The molecule has 0 aliphatic carbocycles. The molecule has 0 heterocycles. The second-order valence-electron chi connectivity index (χ2n) is 4.51. The van der Waals surface area contributed by atoms with Crippen molar-refractivity contribution in [2.45, 2.75) is 19.9 Å². The van der Waals surface area contributed by atoms with E-state index >= 15 is 0 Å². The molecule has 0 saturated carbocycles. The molecule has 0 atom stereocenters. The minimum Gasteiger partial charge on any atom is -0.481 e. The predicted octanol–water partition coefficient (Wildman–Crippen LogP) is 1.02. The fourth-order valence-electron chi connectivity index (χ4n) is 1.70. The first-order chi connectivity index (χ1) is 9.01. The second kappa shape index (κ2) is 7.53. The number of carbonyl (C=O) groups excluding carboxylic acids is 1. The van der Waals surface area contributed by atoms with Crippen molar-refractivity contribution in [2.24, 2.45) is 0 Å². The van der Waals surface area contributed by atoms with Gasteiger partial charge < -0.3 is 10.4 Å². The molecule has 0 aliphatic heterocycles. The van der Waals surface area contributed by atoms with Crippen molar-refractivity contribution in [3.8, 4) is 0 Å². The van der Waals surface area contributed by atoms with E-state index in [9.17, 15) is 9.59 Å².